The molecule has 4 heteroatoms. The van der Waals surface area contributed by atoms with Crippen LogP contribution >= 0.6 is 0 Å². The summed E-state index contributed by atoms with van der Waals surface area (Å²) in [5.74, 6) is 0.339. The summed E-state index contributed by atoms with van der Waals surface area (Å²) in [6, 6.07) is 11.1. The standard InChI is InChI=1S/C19H31N3O/c1-17(11-12-20-16-18-8-4-3-5-9-18)21(2)13-7-15-22-14-6-10-19(22)23/h3-5,8-9,17,20H,6-7,10-16H2,1-2H3. The third kappa shape index (κ3) is 6.32. The highest BCUT2D eigenvalue weighted by atomic mass is 16.2. The maximum absolute atomic E-state index is 11.6. The van der Waals surface area contributed by atoms with Crippen molar-refractivity contribution < 1.29 is 4.79 Å². The monoisotopic (exact) mass is 317 g/mol. The van der Waals surface area contributed by atoms with Gasteiger partial charge < -0.3 is 15.1 Å². The lowest BCUT2D eigenvalue weighted by molar-refractivity contribution is -0.127. The van der Waals surface area contributed by atoms with Crippen LogP contribution in [0.2, 0.25) is 0 Å². The van der Waals surface area contributed by atoms with Crippen molar-refractivity contribution in [1.29, 1.82) is 0 Å². The second-order valence-electron chi connectivity index (χ2n) is 6.62. The predicted molar refractivity (Wildman–Crippen MR) is 95.3 cm³/mol. The van der Waals surface area contributed by atoms with Gasteiger partial charge in [0.25, 0.3) is 0 Å². The van der Waals surface area contributed by atoms with E-state index in [0.717, 1.165) is 58.4 Å². The smallest absolute Gasteiger partial charge is 0.222 e. The lowest BCUT2D eigenvalue weighted by Crippen LogP contribution is -2.35. The lowest BCUT2D eigenvalue weighted by Gasteiger charge is -2.26. The van der Waals surface area contributed by atoms with Crippen molar-refractivity contribution in [2.45, 2.75) is 45.2 Å². The largest absolute Gasteiger partial charge is 0.343 e. The average molecular weight is 317 g/mol. The molecule has 1 amide bonds. The first-order chi connectivity index (χ1) is 11.2. The summed E-state index contributed by atoms with van der Waals surface area (Å²) < 4.78 is 0. The Kier molecular flexibility index (Phi) is 7.56. The topological polar surface area (TPSA) is 35.6 Å². The van der Waals surface area contributed by atoms with E-state index >= 15 is 0 Å². The molecule has 0 aromatic heterocycles. The van der Waals surface area contributed by atoms with Crippen molar-refractivity contribution in [3.63, 3.8) is 0 Å². The first-order valence-electron chi connectivity index (χ1n) is 8.89. The molecule has 0 aliphatic carbocycles. The fourth-order valence-corrected chi connectivity index (χ4v) is 3.03. The zero-order valence-electron chi connectivity index (χ0n) is 14.6. The van der Waals surface area contributed by atoms with Gasteiger partial charge in [-0.2, -0.15) is 0 Å². The zero-order chi connectivity index (χ0) is 16.5. The SMILES string of the molecule is CC(CCNCc1ccccc1)N(C)CCCN1CCCC1=O. The molecule has 0 bridgehead atoms. The second kappa shape index (κ2) is 9.68. The number of carbonyl (C=O) groups excluding carboxylic acids is 1. The molecule has 1 heterocycles. The minimum Gasteiger partial charge on any atom is -0.343 e. The minimum atomic E-state index is 0.339. The first-order valence-corrected chi connectivity index (χ1v) is 8.89. The molecular weight excluding hydrogens is 286 g/mol. The maximum Gasteiger partial charge on any atom is 0.222 e. The Morgan fingerprint density at radius 2 is 2.09 bits per heavy atom. The molecule has 1 saturated heterocycles. The summed E-state index contributed by atoms with van der Waals surface area (Å²) in [7, 11) is 2.19. The van der Waals surface area contributed by atoms with Crippen LogP contribution in [0.1, 0.15) is 38.2 Å². The van der Waals surface area contributed by atoms with Crippen LogP contribution in [0.5, 0.6) is 0 Å². The third-order valence-corrected chi connectivity index (χ3v) is 4.77. The van der Waals surface area contributed by atoms with Crippen molar-refractivity contribution in [3.05, 3.63) is 35.9 Å². The molecule has 1 unspecified atom stereocenters. The number of carbonyl (C=O) groups is 1. The maximum atomic E-state index is 11.6. The van der Waals surface area contributed by atoms with Gasteiger partial charge in [0, 0.05) is 32.1 Å². The number of nitrogens with zero attached hydrogens (tertiary/aromatic N) is 2. The number of hydrogen-bond donors (Lipinski definition) is 1. The molecule has 1 N–H and O–H groups in total. The number of benzene rings is 1. The molecule has 0 radical (unpaired) electrons. The average Bonchev–Trinajstić information content (AvgIpc) is 2.97. The Morgan fingerprint density at radius 3 is 2.78 bits per heavy atom. The second-order valence-corrected chi connectivity index (χ2v) is 6.62. The van der Waals surface area contributed by atoms with E-state index in [1.165, 1.54) is 5.56 Å². The summed E-state index contributed by atoms with van der Waals surface area (Å²) >= 11 is 0. The van der Waals surface area contributed by atoms with Gasteiger partial charge in [-0.05, 0) is 51.9 Å². The molecule has 1 aliphatic heterocycles. The van der Waals surface area contributed by atoms with Crippen LogP contribution in [0.15, 0.2) is 30.3 Å². The van der Waals surface area contributed by atoms with Crippen LogP contribution in [0.25, 0.3) is 0 Å². The van der Waals surface area contributed by atoms with Gasteiger partial charge in [0.2, 0.25) is 5.91 Å². The third-order valence-electron chi connectivity index (χ3n) is 4.77. The van der Waals surface area contributed by atoms with Crippen molar-refractivity contribution in [2.24, 2.45) is 0 Å². The summed E-state index contributed by atoms with van der Waals surface area (Å²) in [6.07, 6.45) is 4.01. The van der Waals surface area contributed by atoms with Gasteiger partial charge >= 0.3 is 0 Å². The molecule has 128 valence electrons. The van der Waals surface area contributed by atoms with Crippen molar-refractivity contribution in [3.8, 4) is 0 Å². The number of hydrogen-bond acceptors (Lipinski definition) is 3. The first kappa shape index (κ1) is 18.0. The van der Waals surface area contributed by atoms with Crippen LogP contribution < -0.4 is 5.32 Å². The Bertz CT molecular complexity index is 463. The van der Waals surface area contributed by atoms with Crippen LogP contribution in [0.4, 0.5) is 0 Å². The van der Waals surface area contributed by atoms with E-state index < -0.39 is 0 Å². The van der Waals surface area contributed by atoms with Crippen molar-refractivity contribution in [1.82, 2.24) is 15.1 Å². The van der Waals surface area contributed by atoms with E-state index in [2.05, 4.69) is 54.5 Å². The Morgan fingerprint density at radius 1 is 1.30 bits per heavy atom. The van der Waals surface area contributed by atoms with E-state index in [1.54, 1.807) is 0 Å². The van der Waals surface area contributed by atoms with E-state index in [4.69, 9.17) is 0 Å². The van der Waals surface area contributed by atoms with Crippen LogP contribution in [-0.4, -0.2) is 55.0 Å². The van der Waals surface area contributed by atoms with E-state index in [1.807, 2.05) is 4.90 Å². The molecule has 2 rings (SSSR count). The fraction of sp³-hybridized carbons (Fsp3) is 0.632. The lowest BCUT2D eigenvalue weighted by atomic mass is 10.2. The number of likely N-dealkylation sites (tertiary alicyclic amines) is 1. The fourth-order valence-electron chi connectivity index (χ4n) is 3.03. The highest BCUT2D eigenvalue weighted by Gasteiger charge is 2.19. The molecule has 0 spiro atoms. The van der Waals surface area contributed by atoms with Gasteiger partial charge in [-0.25, -0.2) is 0 Å². The van der Waals surface area contributed by atoms with Gasteiger partial charge in [0.05, 0.1) is 0 Å². The molecule has 4 nitrogen and oxygen atoms in total. The minimum absolute atomic E-state index is 0.339. The van der Waals surface area contributed by atoms with Gasteiger partial charge in [-0.1, -0.05) is 30.3 Å². The number of amides is 1. The van der Waals surface area contributed by atoms with Crippen molar-refractivity contribution in [2.75, 3.05) is 33.2 Å². The summed E-state index contributed by atoms with van der Waals surface area (Å²) in [5, 5.41) is 3.51. The summed E-state index contributed by atoms with van der Waals surface area (Å²) in [5.41, 5.74) is 1.34. The van der Waals surface area contributed by atoms with E-state index in [-0.39, 0.29) is 0 Å². The Hall–Kier alpha value is -1.39. The van der Waals surface area contributed by atoms with Crippen LogP contribution in [0, 0.1) is 0 Å². The summed E-state index contributed by atoms with van der Waals surface area (Å²) in [6.45, 7) is 7.19. The normalized spacial score (nSPS) is 16.3. The van der Waals surface area contributed by atoms with Gasteiger partial charge in [-0.3, -0.25) is 4.79 Å². The molecule has 1 fully saturated rings. The quantitative estimate of drug-likeness (QED) is 0.674. The predicted octanol–water partition coefficient (Wildman–Crippen LogP) is 2.50. The number of rotatable bonds is 10. The highest BCUT2D eigenvalue weighted by molar-refractivity contribution is 5.77. The number of nitrogens with one attached hydrogen (secondary N) is 1. The zero-order valence-corrected chi connectivity index (χ0v) is 14.6. The molecule has 23 heavy (non-hydrogen) atoms. The Labute approximate surface area is 140 Å². The van der Waals surface area contributed by atoms with Gasteiger partial charge in [0.1, 0.15) is 0 Å². The molecular formula is C19H31N3O. The molecule has 1 aliphatic rings. The molecule has 1 aromatic carbocycles. The van der Waals surface area contributed by atoms with Crippen molar-refractivity contribution >= 4 is 5.91 Å². The van der Waals surface area contributed by atoms with Gasteiger partial charge in [0.15, 0.2) is 0 Å². The molecule has 0 saturated carbocycles. The molecule has 1 atom stereocenters. The highest BCUT2D eigenvalue weighted by Crippen LogP contribution is 2.10. The molecule has 1 aromatic rings. The van der Waals surface area contributed by atoms with Gasteiger partial charge in [-0.15, -0.1) is 0 Å². The van der Waals surface area contributed by atoms with E-state index in [9.17, 15) is 4.79 Å². The Balaban J connectivity index is 1.54. The summed E-state index contributed by atoms with van der Waals surface area (Å²) in [4.78, 5) is 16.0. The van der Waals surface area contributed by atoms with E-state index in [0.29, 0.717) is 11.9 Å². The van der Waals surface area contributed by atoms with Crippen LogP contribution in [-0.2, 0) is 11.3 Å². The van der Waals surface area contributed by atoms with Crippen LogP contribution in [0.3, 0.4) is 0 Å².